The molecule has 2 heterocycles. The molecule has 0 aliphatic carbocycles. The highest BCUT2D eigenvalue weighted by atomic mass is 35.5. The van der Waals surface area contributed by atoms with Gasteiger partial charge in [0.2, 0.25) is 0 Å². The van der Waals surface area contributed by atoms with E-state index in [1.54, 1.807) is 0 Å². The van der Waals surface area contributed by atoms with Crippen LogP contribution in [0.5, 0.6) is 0 Å². The van der Waals surface area contributed by atoms with Crippen molar-refractivity contribution in [2.45, 2.75) is 19.4 Å². The molecule has 0 radical (unpaired) electrons. The Kier molecular flexibility index (Phi) is 5.61. The van der Waals surface area contributed by atoms with E-state index in [4.69, 9.17) is 23.2 Å². The van der Waals surface area contributed by atoms with Crippen molar-refractivity contribution in [3.05, 3.63) is 33.8 Å². The molecule has 2 saturated heterocycles. The van der Waals surface area contributed by atoms with Gasteiger partial charge in [0, 0.05) is 22.6 Å². The van der Waals surface area contributed by atoms with Crippen molar-refractivity contribution in [2.24, 2.45) is 11.8 Å². The number of piperidine rings is 1. The molecule has 112 valence electrons. The Morgan fingerprint density at radius 2 is 2.00 bits per heavy atom. The van der Waals surface area contributed by atoms with E-state index in [1.165, 1.54) is 19.5 Å². The molecule has 2 aliphatic heterocycles. The third-order valence-corrected chi connectivity index (χ3v) is 5.27. The molecule has 0 bridgehead atoms. The molecule has 3 rings (SSSR count). The Balaban J connectivity index is 0.00000147. The minimum Gasteiger partial charge on any atom is -0.316 e. The van der Waals surface area contributed by atoms with Gasteiger partial charge in [-0.05, 0) is 68.6 Å². The molecule has 1 aromatic rings. The van der Waals surface area contributed by atoms with E-state index in [-0.39, 0.29) is 12.4 Å². The van der Waals surface area contributed by atoms with Crippen LogP contribution >= 0.6 is 35.6 Å². The first kappa shape index (κ1) is 16.4. The minimum absolute atomic E-state index is 0. The van der Waals surface area contributed by atoms with Gasteiger partial charge in [-0.3, -0.25) is 4.90 Å². The Morgan fingerprint density at radius 1 is 1.25 bits per heavy atom. The van der Waals surface area contributed by atoms with Crippen LogP contribution in [0.4, 0.5) is 0 Å². The summed E-state index contributed by atoms with van der Waals surface area (Å²) in [5.74, 6) is 1.67. The fourth-order valence-electron chi connectivity index (χ4n) is 3.45. The minimum atomic E-state index is 0. The number of halogens is 3. The highest BCUT2D eigenvalue weighted by Crippen LogP contribution is 2.35. The molecule has 1 N–H and O–H groups in total. The smallest absolute Gasteiger partial charge is 0.0454 e. The van der Waals surface area contributed by atoms with Crippen LogP contribution in [-0.4, -0.2) is 31.1 Å². The quantitative estimate of drug-likeness (QED) is 0.878. The van der Waals surface area contributed by atoms with Crippen LogP contribution in [0.25, 0.3) is 0 Å². The molecule has 0 aromatic heterocycles. The van der Waals surface area contributed by atoms with Crippen molar-refractivity contribution in [3.8, 4) is 0 Å². The summed E-state index contributed by atoms with van der Waals surface area (Å²) in [4.78, 5) is 2.55. The van der Waals surface area contributed by atoms with Crippen LogP contribution in [0.1, 0.15) is 24.9 Å². The van der Waals surface area contributed by atoms with Crippen LogP contribution in [0.3, 0.4) is 0 Å². The monoisotopic (exact) mass is 334 g/mol. The topological polar surface area (TPSA) is 15.3 Å². The number of likely N-dealkylation sites (tertiary alicyclic amines) is 1. The lowest BCUT2D eigenvalue weighted by molar-refractivity contribution is 0.111. The molecule has 3 atom stereocenters. The second-order valence-electron chi connectivity index (χ2n) is 5.80. The molecule has 0 saturated carbocycles. The van der Waals surface area contributed by atoms with Gasteiger partial charge in [0.1, 0.15) is 0 Å². The molecule has 2 fully saturated rings. The average molecular weight is 336 g/mol. The Morgan fingerprint density at radius 3 is 2.80 bits per heavy atom. The van der Waals surface area contributed by atoms with Crippen molar-refractivity contribution in [3.63, 3.8) is 0 Å². The second kappa shape index (κ2) is 6.85. The van der Waals surface area contributed by atoms with Crippen LogP contribution in [0, 0.1) is 11.8 Å². The fourth-order valence-corrected chi connectivity index (χ4v) is 3.90. The first-order chi connectivity index (χ1) is 9.15. The van der Waals surface area contributed by atoms with E-state index in [0.29, 0.717) is 6.04 Å². The number of nitrogens with zero attached hydrogens (tertiary/aromatic N) is 1. The summed E-state index contributed by atoms with van der Waals surface area (Å²) < 4.78 is 0. The summed E-state index contributed by atoms with van der Waals surface area (Å²) in [5.41, 5.74) is 1.15. The first-order valence-corrected chi connectivity index (χ1v) is 7.80. The largest absolute Gasteiger partial charge is 0.316 e. The van der Waals surface area contributed by atoms with Gasteiger partial charge in [-0.15, -0.1) is 12.4 Å². The van der Waals surface area contributed by atoms with E-state index < -0.39 is 0 Å². The van der Waals surface area contributed by atoms with E-state index in [2.05, 4.69) is 17.1 Å². The molecule has 1 aromatic carbocycles. The molecular weight excluding hydrogens is 315 g/mol. The Hall–Kier alpha value is 0.01000. The number of rotatable bonds is 2. The number of benzene rings is 1. The number of nitrogens with one attached hydrogen (secondary N) is 1. The van der Waals surface area contributed by atoms with Crippen molar-refractivity contribution in [1.82, 2.24) is 10.2 Å². The number of hydrogen-bond donors (Lipinski definition) is 1. The van der Waals surface area contributed by atoms with Crippen molar-refractivity contribution in [2.75, 3.05) is 26.2 Å². The van der Waals surface area contributed by atoms with Gasteiger partial charge in [-0.1, -0.05) is 23.2 Å². The van der Waals surface area contributed by atoms with Crippen molar-refractivity contribution >= 4 is 35.6 Å². The van der Waals surface area contributed by atoms with E-state index in [1.807, 2.05) is 18.2 Å². The lowest BCUT2D eigenvalue weighted by Crippen LogP contribution is -2.41. The zero-order chi connectivity index (χ0) is 13.4. The highest BCUT2D eigenvalue weighted by Gasteiger charge is 2.34. The van der Waals surface area contributed by atoms with Gasteiger partial charge < -0.3 is 5.32 Å². The summed E-state index contributed by atoms with van der Waals surface area (Å²) in [6.45, 7) is 6.93. The van der Waals surface area contributed by atoms with E-state index >= 15 is 0 Å². The zero-order valence-electron chi connectivity index (χ0n) is 11.6. The van der Waals surface area contributed by atoms with Crippen molar-refractivity contribution in [1.29, 1.82) is 0 Å². The molecule has 3 unspecified atom stereocenters. The molecule has 0 amide bonds. The fraction of sp³-hybridized carbons (Fsp3) is 0.600. The Bertz CT molecular complexity index is 466. The van der Waals surface area contributed by atoms with Crippen LogP contribution in [-0.2, 0) is 0 Å². The average Bonchev–Trinajstić information content (AvgIpc) is 2.88. The van der Waals surface area contributed by atoms with Gasteiger partial charge >= 0.3 is 0 Å². The number of fused-ring (bicyclic) bond motifs is 1. The summed E-state index contributed by atoms with van der Waals surface area (Å²) in [5, 5.41) is 5.10. The zero-order valence-corrected chi connectivity index (χ0v) is 13.9. The maximum absolute atomic E-state index is 6.32. The third kappa shape index (κ3) is 3.26. The van der Waals surface area contributed by atoms with Crippen LogP contribution < -0.4 is 5.32 Å². The molecule has 2 nitrogen and oxygen atoms in total. The number of hydrogen-bond acceptors (Lipinski definition) is 2. The maximum Gasteiger partial charge on any atom is 0.0454 e. The molecule has 0 spiro atoms. The standard InChI is InChI=1S/C15H20Cl2N2.ClH/c1-10(14-6-13(16)2-3-15(14)17)19-5-4-11-7-18-8-12(11)9-19;/h2-3,6,10-12,18H,4-5,7-9H2,1H3;1H. The highest BCUT2D eigenvalue weighted by molar-refractivity contribution is 6.33. The van der Waals surface area contributed by atoms with Crippen molar-refractivity contribution < 1.29 is 0 Å². The van der Waals surface area contributed by atoms with Gasteiger partial charge in [0.15, 0.2) is 0 Å². The summed E-state index contributed by atoms with van der Waals surface area (Å²) in [6.07, 6.45) is 1.29. The molecular formula is C15H21Cl3N2. The SMILES string of the molecule is CC(c1cc(Cl)ccc1Cl)N1CCC2CNCC2C1.Cl. The maximum atomic E-state index is 6.32. The normalized spacial score (nSPS) is 27.8. The molecule has 2 aliphatic rings. The van der Waals surface area contributed by atoms with E-state index in [9.17, 15) is 0 Å². The third-order valence-electron chi connectivity index (χ3n) is 4.69. The predicted octanol–water partition coefficient (Wildman–Crippen LogP) is 4.02. The van der Waals surface area contributed by atoms with Gasteiger partial charge in [-0.25, -0.2) is 0 Å². The van der Waals surface area contributed by atoms with Gasteiger partial charge in [-0.2, -0.15) is 0 Å². The Labute approximate surface area is 137 Å². The van der Waals surface area contributed by atoms with Gasteiger partial charge in [0.25, 0.3) is 0 Å². The summed E-state index contributed by atoms with van der Waals surface area (Å²) >= 11 is 12.4. The van der Waals surface area contributed by atoms with Gasteiger partial charge in [0.05, 0.1) is 0 Å². The summed E-state index contributed by atoms with van der Waals surface area (Å²) in [6, 6.07) is 6.10. The molecule has 20 heavy (non-hydrogen) atoms. The van der Waals surface area contributed by atoms with Crippen LogP contribution in [0.15, 0.2) is 18.2 Å². The molecule has 5 heteroatoms. The predicted molar refractivity (Wildman–Crippen MR) is 88.2 cm³/mol. The van der Waals surface area contributed by atoms with E-state index in [0.717, 1.165) is 40.5 Å². The lowest BCUT2D eigenvalue weighted by Gasteiger charge is -2.38. The lowest BCUT2D eigenvalue weighted by atomic mass is 9.87. The summed E-state index contributed by atoms with van der Waals surface area (Å²) in [7, 11) is 0. The van der Waals surface area contributed by atoms with Crippen LogP contribution in [0.2, 0.25) is 10.0 Å². The first-order valence-electron chi connectivity index (χ1n) is 7.05. The second-order valence-corrected chi connectivity index (χ2v) is 6.65.